The molecule has 7 nitrogen and oxygen atoms in total. The van der Waals surface area contributed by atoms with E-state index in [1.54, 1.807) is 36.0 Å². The van der Waals surface area contributed by atoms with Crippen LogP contribution in [0, 0.1) is 0 Å². The van der Waals surface area contributed by atoms with Gasteiger partial charge in [0.15, 0.2) is 0 Å². The molecule has 0 fully saturated rings. The van der Waals surface area contributed by atoms with E-state index in [1.165, 1.54) is 6.07 Å². The number of nitrogens with one attached hydrogen (secondary N) is 1. The van der Waals surface area contributed by atoms with Crippen LogP contribution in [0.3, 0.4) is 0 Å². The molecular formula is C26H23NO6S. The van der Waals surface area contributed by atoms with Crippen molar-refractivity contribution < 1.29 is 23.5 Å². The normalized spacial score (nSPS) is 11.8. The summed E-state index contributed by atoms with van der Waals surface area (Å²) in [5, 5.41) is 4.56. The molecule has 4 rings (SSSR count). The molecule has 0 aliphatic heterocycles. The van der Waals surface area contributed by atoms with Gasteiger partial charge in [0.25, 0.3) is 0 Å². The Hall–Kier alpha value is -3.78. The minimum atomic E-state index is -0.893. The van der Waals surface area contributed by atoms with Crippen molar-refractivity contribution in [3.63, 3.8) is 0 Å². The van der Waals surface area contributed by atoms with Crippen molar-refractivity contribution >= 4 is 45.6 Å². The van der Waals surface area contributed by atoms with Crippen LogP contribution in [0.5, 0.6) is 5.75 Å². The van der Waals surface area contributed by atoms with Gasteiger partial charge in [-0.25, -0.2) is 14.4 Å². The van der Waals surface area contributed by atoms with Crippen LogP contribution in [0.1, 0.15) is 12.0 Å². The summed E-state index contributed by atoms with van der Waals surface area (Å²) in [5.41, 5.74) is 0.684. The average molecular weight is 478 g/mol. The third-order valence-corrected chi connectivity index (χ3v) is 5.86. The fraction of sp³-hybridized carbons (Fsp3) is 0.192. The monoisotopic (exact) mass is 477 g/mol. The first-order valence-electron chi connectivity index (χ1n) is 10.7. The fourth-order valence-corrected chi connectivity index (χ4v) is 3.97. The summed E-state index contributed by atoms with van der Waals surface area (Å²) >= 11 is 1.55. The number of fused-ring (bicyclic) bond motifs is 3. The number of benzene rings is 3. The van der Waals surface area contributed by atoms with E-state index in [9.17, 15) is 14.4 Å². The Labute approximate surface area is 200 Å². The fourth-order valence-electron chi connectivity index (χ4n) is 3.50. The number of esters is 1. The van der Waals surface area contributed by atoms with Crippen LogP contribution < -0.4 is 15.7 Å². The SMILES string of the molecule is CSCC[C@@H](NC(=O)OCc1ccccc1)C(=O)Oc1ccc2c(c1)oc(=O)c1ccccc12. The first-order chi connectivity index (χ1) is 16.5. The second-order valence-corrected chi connectivity index (χ2v) is 8.54. The van der Waals surface area contributed by atoms with Crippen LogP contribution in [0.15, 0.2) is 82.0 Å². The molecule has 0 saturated carbocycles. The predicted octanol–water partition coefficient (Wildman–Crippen LogP) is 4.90. The second-order valence-electron chi connectivity index (χ2n) is 7.55. The van der Waals surface area contributed by atoms with Crippen molar-refractivity contribution in [3.8, 4) is 5.75 Å². The van der Waals surface area contributed by atoms with Gasteiger partial charge in [0, 0.05) is 11.5 Å². The smallest absolute Gasteiger partial charge is 0.408 e. The summed E-state index contributed by atoms with van der Waals surface area (Å²) in [6, 6.07) is 20.4. The molecular weight excluding hydrogens is 454 g/mol. The predicted molar refractivity (Wildman–Crippen MR) is 132 cm³/mol. The summed E-state index contributed by atoms with van der Waals surface area (Å²) < 4.78 is 16.2. The first-order valence-corrected chi connectivity index (χ1v) is 12.1. The highest BCUT2D eigenvalue weighted by Gasteiger charge is 2.24. The molecule has 0 saturated heterocycles. The van der Waals surface area contributed by atoms with Gasteiger partial charge in [-0.1, -0.05) is 48.5 Å². The van der Waals surface area contributed by atoms with Gasteiger partial charge in [-0.15, -0.1) is 0 Å². The number of carbonyl (C=O) groups is 2. The topological polar surface area (TPSA) is 94.8 Å². The van der Waals surface area contributed by atoms with E-state index in [2.05, 4.69) is 5.32 Å². The molecule has 1 aromatic heterocycles. The van der Waals surface area contributed by atoms with Gasteiger partial charge >= 0.3 is 17.7 Å². The van der Waals surface area contributed by atoms with Crippen molar-refractivity contribution in [3.05, 3.63) is 88.8 Å². The molecule has 0 aliphatic carbocycles. The van der Waals surface area contributed by atoms with Gasteiger partial charge in [-0.3, -0.25) is 0 Å². The number of amides is 1. The minimum Gasteiger partial charge on any atom is -0.445 e. The van der Waals surface area contributed by atoms with Crippen molar-refractivity contribution in [2.45, 2.75) is 19.1 Å². The van der Waals surface area contributed by atoms with Crippen molar-refractivity contribution in [2.75, 3.05) is 12.0 Å². The second kappa shape index (κ2) is 10.9. The van der Waals surface area contributed by atoms with Gasteiger partial charge in [0.05, 0.1) is 5.39 Å². The van der Waals surface area contributed by atoms with E-state index >= 15 is 0 Å². The summed E-state index contributed by atoms with van der Waals surface area (Å²) in [4.78, 5) is 37.4. The molecule has 34 heavy (non-hydrogen) atoms. The van der Waals surface area contributed by atoms with Gasteiger partial charge in [-0.2, -0.15) is 11.8 Å². The molecule has 0 bridgehead atoms. The molecule has 4 aromatic rings. The Morgan fingerprint density at radius 2 is 1.71 bits per heavy atom. The number of thioether (sulfide) groups is 1. The number of hydrogen-bond acceptors (Lipinski definition) is 7. The van der Waals surface area contributed by atoms with Crippen molar-refractivity contribution in [1.29, 1.82) is 0 Å². The number of hydrogen-bond donors (Lipinski definition) is 1. The van der Waals surface area contributed by atoms with Crippen LogP contribution in [-0.2, 0) is 16.1 Å². The van der Waals surface area contributed by atoms with E-state index in [4.69, 9.17) is 13.9 Å². The van der Waals surface area contributed by atoms with Crippen LogP contribution in [0.25, 0.3) is 21.7 Å². The lowest BCUT2D eigenvalue weighted by molar-refractivity contribution is -0.136. The maximum atomic E-state index is 12.8. The van der Waals surface area contributed by atoms with Crippen LogP contribution in [-0.4, -0.2) is 30.1 Å². The minimum absolute atomic E-state index is 0.0919. The molecule has 1 amide bonds. The molecule has 3 aromatic carbocycles. The number of ether oxygens (including phenoxy) is 2. The largest absolute Gasteiger partial charge is 0.445 e. The van der Waals surface area contributed by atoms with Gasteiger partial charge in [0.2, 0.25) is 0 Å². The Morgan fingerprint density at radius 1 is 0.971 bits per heavy atom. The third-order valence-electron chi connectivity index (χ3n) is 5.21. The van der Waals surface area contributed by atoms with Gasteiger partial charge in [-0.05, 0) is 47.6 Å². The van der Waals surface area contributed by atoms with E-state index in [0.717, 1.165) is 16.3 Å². The van der Waals surface area contributed by atoms with Crippen LogP contribution in [0.4, 0.5) is 4.79 Å². The average Bonchev–Trinajstić information content (AvgIpc) is 2.86. The van der Waals surface area contributed by atoms with Gasteiger partial charge in [0.1, 0.15) is 24.0 Å². The highest BCUT2D eigenvalue weighted by molar-refractivity contribution is 7.98. The number of carbonyl (C=O) groups excluding carboxylic acids is 2. The van der Waals surface area contributed by atoms with Crippen molar-refractivity contribution in [2.24, 2.45) is 0 Å². The summed E-state index contributed by atoms with van der Waals surface area (Å²) in [7, 11) is 0. The molecule has 1 N–H and O–H groups in total. The Kier molecular flexibility index (Phi) is 7.49. The Morgan fingerprint density at radius 3 is 2.47 bits per heavy atom. The summed E-state index contributed by atoms with van der Waals surface area (Å²) in [6.45, 7) is 0.0919. The zero-order valence-corrected chi connectivity index (χ0v) is 19.3. The molecule has 1 atom stereocenters. The van der Waals surface area contributed by atoms with Crippen molar-refractivity contribution in [1.82, 2.24) is 5.32 Å². The summed E-state index contributed by atoms with van der Waals surface area (Å²) in [6.07, 6.45) is 1.57. The summed E-state index contributed by atoms with van der Waals surface area (Å²) in [5.74, 6) is 0.217. The lowest BCUT2D eigenvalue weighted by Crippen LogP contribution is -2.43. The zero-order chi connectivity index (χ0) is 23.9. The van der Waals surface area contributed by atoms with Gasteiger partial charge < -0.3 is 19.2 Å². The van der Waals surface area contributed by atoms with E-state index in [1.807, 2.05) is 48.7 Å². The van der Waals surface area contributed by atoms with E-state index < -0.39 is 23.7 Å². The number of rotatable bonds is 8. The standard InChI is InChI=1S/C26H23NO6S/c1-34-14-13-22(27-26(30)31-16-17-7-3-2-4-8-17)25(29)32-18-11-12-20-19-9-5-6-10-21(19)24(28)33-23(20)15-18/h2-12,15,22H,13-14,16H2,1H3,(H,27,30)/t22-/m1/s1. The molecule has 0 unspecified atom stereocenters. The highest BCUT2D eigenvalue weighted by Crippen LogP contribution is 2.26. The van der Waals surface area contributed by atoms with Crippen LogP contribution >= 0.6 is 11.8 Å². The van der Waals surface area contributed by atoms with E-state index in [0.29, 0.717) is 23.1 Å². The quantitative estimate of drug-likeness (QED) is 0.167. The lowest BCUT2D eigenvalue weighted by atomic mass is 10.1. The maximum absolute atomic E-state index is 12.8. The Balaban J connectivity index is 1.47. The molecule has 0 spiro atoms. The zero-order valence-electron chi connectivity index (χ0n) is 18.5. The molecule has 0 aliphatic rings. The molecule has 1 heterocycles. The number of alkyl carbamates (subject to hydrolysis) is 1. The molecule has 174 valence electrons. The Bertz CT molecular complexity index is 1370. The third kappa shape index (κ3) is 5.58. The first kappa shape index (κ1) is 23.4. The van der Waals surface area contributed by atoms with Crippen LogP contribution in [0.2, 0.25) is 0 Å². The highest BCUT2D eigenvalue weighted by atomic mass is 32.2. The maximum Gasteiger partial charge on any atom is 0.408 e. The lowest BCUT2D eigenvalue weighted by Gasteiger charge is -2.17. The van der Waals surface area contributed by atoms with E-state index in [-0.39, 0.29) is 12.4 Å². The molecule has 8 heteroatoms. The molecule has 0 radical (unpaired) electrons.